The Bertz CT molecular complexity index is 173. The molecule has 2 atom stereocenters. The summed E-state index contributed by atoms with van der Waals surface area (Å²) in [6.07, 6.45) is 1.57. The van der Waals surface area contributed by atoms with Crippen LogP contribution < -0.4 is 5.32 Å². The summed E-state index contributed by atoms with van der Waals surface area (Å²) in [5, 5.41) is 3.61. The zero-order valence-electron chi connectivity index (χ0n) is 10.6. The molecule has 1 aliphatic heterocycles. The molecule has 15 heavy (non-hydrogen) atoms. The van der Waals surface area contributed by atoms with Gasteiger partial charge < -0.3 is 15.0 Å². The third kappa shape index (κ3) is 4.49. The lowest BCUT2D eigenvalue weighted by Gasteiger charge is -2.32. The molecular weight excluding hydrogens is 188 g/mol. The Kier molecular flexibility index (Phi) is 5.58. The molecule has 1 aliphatic rings. The van der Waals surface area contributed by atoms with Crippen molar-refractivity contribution in [2.24, 2.45) is 5.92 Å². The molecule has 1 fully saturated rings. The summed E-state index contributed by atoms with van der Waals surface area (Å²) < 4.78 is 5.72. The molecule has 0 aromatic rings. The number of ether oxygens (including phenoxy) is 1. The lowest BCUT2D eigenvalue weighted by atomic mass is 10.0. The Balaban J connectivity index is 2.23. The first kappa shape index (κ1) is 12.9. The molecule has 1 N–H and O–H groups in total. The highest BCUT2D eigenvalue weighted by Crippen LogP contribution is 2.07. The molecule has 0 unspecified atom stereocenters. The summed E-state index contributed by atoms with van der Waals surface area (Å²) in [5.74, 6) is 0.705. The van der Waals surface area contributed by atoms with E-state index >= 15 is 0 Å². The van der Waals surface area contributed by atoms with Crippen molar-refractivity contribution in [3.63, 3.8) is 0 Å². The molecule has 0 amide bonds. The summed E-state index contributed by atoms with van der Waals surface area (Å²) in [4.78, 5) is 2.34. The standard InChI is InChI=1S/C12H26N2O/c1-5-12(10(2)3)13-8-11-9-14(4)6-7-15-11/h10-13H,5-9H2,1-4H3/t11-,12+/m1/s1. The minimum absolute atomic E-state index is 0.372. The predicted octanol–water partition coefficient (Wildman–Crippen LogP) is 1.34. The van der Waals surface area contributed by atoms with Crippen LogP contribution in [-0.2, 0) is 4.74 Å². The van der Waals surface area contributed by atoms with Crippen molar-refractivity contribution in [3.8, 4) is 0 Å². The quantitative estimate of drug-likeness (QED) is 0.747. The second-order valence-corrected chi connectivity index (χ2v) is 4.92. The second-order valence-electron chi connectivity index (χ2n) is 4.92. The third-order valence-electron chi connectivity index (χ3n) is 3.19. The predicted molar refractivity (Wildman–Crippen MR) is 64.2 cm³/mol. The summed E-state index contributed by atoms with van der Waals surface area (Å²) in [7, 11) is 2.16. The van der Waals surface area contributed by atoms with Crippen molar-refractivity contribution in [3.05, 3.63) is 0 Å². The van der Waals surface area contributed by atoms with E-state index in [1.807, 2.05) is 0 Å². The first-order valence-electron chi connectivity index (χ1n) is 6.17. The van der Waals surface area contributed by atoms with Crippen LogP contribution in [0.1, 0.15) is 27.2 Å². The minimum atomic E-state index is 0.372. The van der Waals surface area contributed by atoms with E-state index in [9.17, 15) is 0 Å². The molecule has 90 valence electrons. The van der Waals surface area contributed by atoms with Gasteiger partial charge in [-0.3, -0.25) is 0 Å². The lowest BCUT2D eigenvalue weighted by Crippen LogP contribution is -2.47. The number of nitrogens with one attached hydrogen (secondary N) is 1. The van der Waals surface area contributed by atoms with Gasteiger partial charge in [0.2, 0.25) is 0 Å². The van der Waals surface area contributed by atoms with E-state index in [4.69, 9.17) is 4.74 Å². The van der Waals surface area contributed by atoms with Crippen molar-refractivity contribution in [1.29, 1.82) is 0 Å². The fourth-order valence-corrected chi connectivity index (χ4v) is 2.12. The SMILES string of the molecule is CC[C@H](NC[C@@H]1CN(C)CCO1)C(C)C. The van der Waals surface area contributed by atoms with Crippen LogP contribution in [0.15, 0.2) is 0 Å². The second kappa shape index (κ2) is 6.46. The van der Waals surface area contributed by atoms with Gasteiger partial charge in [0.15, 0.2) is 0 Å². The van der Waals surface area contributed by atoms with Crippen molar-refractivity contribution in [1.82, 2.24) is 10.2 Å². The van der Waals surface area contributed by atoms with Crippen LogP contribution in [0.2, 0.25) is 0 Å². The number of morpholine rings is 1. The minimum Gasteiger partial charge on any atom is -0.374 e. The van der Waals surface area contributed by atoms with E-state index in [-0.39, 0.29) is 0 Å². The maximum absolute atomic E-state index is 5.72. The van der Waals surface area contributed by atoms with Gasteiger partial charge in [0.05, 0.1) is 12.7 Å². The van der Waals surface area contributed by atoms with Crippen molar-refractivity contribution < 1.29 is 4.74 Å². The van der Waals surface area contributed by atoms with Crippen molar-refractivity contribution in [2.45, 2.75) is 39.3 Å². The summed E-state index contributed by atoms with van der Waals surface area (Å²) in [6, 6.07) is 0.626. The molecule has 0 aromatic heterocycles. The van der Waals surface area contributed by atoms with Crippen molar-refractivity contribution in [2.75, 3.05) is 33.3 Å². The van der Waals surface area contributed by atoms with Gasteiger partial charge >= 0.3 is 0 Å². The largest absolute Gasteiger partial charge is 0.374 e. The van der Waals surface area contributed by atoms with Gasteiger partial charge in [-0.25, -0.2) is 0 Å². The van der Waals surface area contributed by atoms with E-state index in [1.54, 1.807) is 0 Å². The Morgan fingerprint density at radius 3 is 2.73 bits per heavy atom. The van der Waals surface area contributed by atoms with Gasteiger partial charge in [0.25, 0.3) is 0 Å². The van der Waals surface area contributed by atoms with Crippen LogP contribution in [0.4, 0.5) is 0 Å². The average Bonchev–Trinajstić information content (AvgIpc) is 2.18. The molecule has 0 radical (unpaired) electrons. The van der Waals surface area contributed by atoms with E-state index in [0.29, 0.717) is 18.1 Å². The van der Waals surface area contributed by atoms with Crippen LogP contribution in [0.25, 0.3) is 0 Å². The molecule has 0 aromatic carbocycles. The smallest absolute Gasteiger partial charge is 0.0826 e. The molecular formula is C12H26N2O. The Morgan fingerprint density at radius 1 is 1.47 bits per heavy atom. The van der Waals surface area contributed by atoms with Gasteiger partial charge in [-0.2, -0.15) is 0 Å². The van der Waals surface area contributed by atoms with Crippen LogP contribution in [0, 0.1) is 5.92 Å². The Labute approximate surface area is 94.2 Å². The van der Waals surface area contributed by atoms with Gasteiger partial charge in [-0.15, -0.1) is 0 Å². The van der Waals surface area contributed by atoms with Crippen molar-refractivity contribution >= 4 is 0 Å². The fraction of sp³-hybridized carbons (Fsp3) is 1.00. The zero-order valence-corrected chi connectivity index (χ0v) is 10.6. The Hall–Kier alpha value is -0.120. The van der Waals surface area contributed by atoms with Gasteiger partial charge in [-0.05, 0) is 19.4 Å². The van der Waals surface area contributed by atoms with Gasteiger partial charge in [-0.1, -0.05) is 20.8 Å². The summed E-state index contributed by atoms with van der Waals surface area (Å²) in [5.41, 5.74) is 0. The molecule has 3 heteroatoms. The third-order valence-corrected chi connectivity index (χ3v) is 3.19. The number of hydrogen-bond donors (Lipinski definition) is 1. The van der Waals surface area contributed by atoms with Crippen LogP contribution in [0.3, 0.4) is 0 Å². The highest BCUT2D eigenvalue weighted by atomic mass is 16.5. The molecule has 1 saturated heterocycles. The lowest BCUT2D eigenvalue weighted by molar-refractivity contribution is -0.0199. The monoisotopic (exact) mass is 214 g/mol. The van der Waals surface area contributed by atoms with Crippen LogP contribution >= 0.6 is 0 Å². The fourth-order valence-electron chi connectivity index (χ4n) is 2.12. The molecule has 0 bridgehead atoms. The maximum atomic E-state index is 5.72. The molecule has 0 spiro atoms. The topological polar surface area (TPSA) is 24.5 Å². The van der Waals surface area contributed by atoms with E-state index in [1.165, 1.54) is 6.42 Å². The average molecular weight is 214 g/mol. The summed E-state index contributed by atoms with van der Waals surface area (Å²) >= 11 is 0. The number of likely N-dealkylation sites (N-methyl/N-ethyl adjacent to an activating group) is 1. The molecule has 1 rings (SSSR count). The normalized spacial score (nSPS) is 25.8. The number of hydrogen-bond acceptors (Lipinski definition) is 3. The maximum Gasteiger partial charge on any atom is 0.0826 e. The Morgan fingerprint density at radius 2 is 2.20 bits per heavy atom. The highest BCUT2D eigenvalue weighted by Gasteiger charge is 2.19. The first-order valence-corrected chi connectivity index (χ1v) is 6.17. The van der Waals surface area contributed by atoms with Crippen LogP contribution in [0.5, 0.6) is 0 Å². The number of rotatable bonds is 5. The summed E-state index contributed by atoms with van der Waals surface area (Å²) in [6.45, 7) is 10.8. The first-order chi connectivity index (χ1) is 7.13. The van der Waals surface area contributed by atoms with E-state index < -0.39 is 0 Å². The van der Waals surface area contributed by atoms with Gasteiger partial charge in [0, 0.05) is 25.7 Å². The van der Waals surface area contributed by atoms with E-state index in [2.05, 4.69) is 38.0 Å². The number of nitrogens with zero attached hydrogens (tertiary/aromatic N) is 1. The highest BCUT2D eigenvalue weighted by molar-refractivity contribution is 4.75. The van der Waals surface area contributed by atoms with E-state index in [0.717, 1.165) is 26.2 Å². The van der Waals surface area contributed by atoms with Gasteiger partial charge in [0.1, 0.15) is 0 Å². The van der Waals surface area contributed by atoms with Crippen LogP contribution in [-0.4, -0.2) is 50.3 Å². The molecule has 1 heterocycles. The zero-order chi connectivity index (χ0) is 11.3. The molecule has 0 saturated carbocycles. The molecule has 0 aliphatic carbocycles. The molecule has 3 nitrogen and oxygen atoms in total.